The Balaban J connectivity index is 1.52. The zero-order valence-electron chi connectivity index (χ0n) is 18.1. The Morgan fingerprint density at radius 2 is 1.94 bits per heavy atom. The van der Waals surface area contributed by atoms with Gasteiger partial charge < -0.3 is 9.88 Å². The number of halogens is 3. The summed E-state index contributed by atoms with van der Waals surface area (Å²) >= 11 is 0. The van der Waals surface area contributed by atoms with Gasteiger partial charge in [0.15, 0.2) is 9.84 Å². The number of sulfone groups is 1. The van der Waals surface area contributed by atoms with Gasteiger partial charge in [0.25, 0.3) is 5.91 Å². The topological polar surface area (TPSA) is 84.3 Å². The van der Waals surface area contributed by atoms with Crippen LogP contribution in [0.5, 0.6) is 0 Å². The molecule has 0 unspecified atom stereocenters. The van der Waals surface area contributed by atoms with Crippen molar-refractivity contribution in [3.8, 4) is 5.69 Å². The standard InChI is InChI=1S/C22H27F3N4O3S/c23-22(24,25)14-28-9-7-16(13-28)12-27-21(30)19-11-18(33(31,32)17-3-1-2-4-17)5-6-20(19)29-10-8-26-15-29/h5-6,8,10-11,15-17H,1-4,7,9,12-14H2,(H,27,30)/t16-/m1/s1. The number of rotatable bonds is 7. The molecule has 11 heteroatoms. The fourth-order valence-corrected chi connectivity index (χ4v) is 6.58. The van der Waals surface area contributed by atoms with E-state index in [1.165, 1.54) is 23.4 Å². The third kappa shape index (κ3) is 5.57. The van der Waals surface area contributed by atoms with Crippen LogP contribution in [-0.4, -0.2) is 66.4 Å². The molecule has 0 radical (unpaired) electrons. The molecule has 1 saturated carbocycles. The molecular weight excluding hydrogens is 457 g/mol. The molecule has 7 nitrogen and oxygen atoms in total. The van der Waals surface area contributed by atoms with E-state index in [4.69, 9.17) is 0 Å². The lowest BCUT2D eigenvalue weighted by Crippen LogP contribution is -2.35. The van der Waals surface area contributed by atoms with Crippen LogP contribution in [0.2, 0.25) is 0 Å². The second kappa shape index (κ2) is 9.46. The Labute approximate surface area is 190 Å². The Hall–Kier alpha value is -2.40. The smallest absolute Gasteiger partial charge is 0.352 e. The average Bonchev–Trinajstić information content (AvgIpc) is 3.53. The van der Waals surface area contributed by atoms with Crippen molar-refractivity contribution in [3.05, 3.63) is 42.5 Å². The van der Waals surface area contributed by atoms with Crippen LogP contribution in [0.15, 0.2) is 41.8 Å². The SMILES string of the molecule is O=C(NC[C@H]1CCN(CC(F)(F)F)C1)c1cc(S(=O)(=O)C2CCCC2)ccc1-n1ccnc1. The van der Waals surface area contributed by atoms with Crippen LogP contribution in [0.3, 0.4) is 0 Å². The highest BCUT2D eigenvalue weighted by atomic mass is 32.2. The first-order valence-electron chi connectivity index (χ1n) is 11.1. The molecule has 1 aromatic heterocycles. The minimum absolute atomic E-state index is 0.0987. The fraction of sp³-hybridized carbons (Fsp3) is 0.545. The molecule has 0 spiro atoms. The van der Waals surface area contributed by atoms with Crippen LogP contribution in [0, 0.1) is 5.92 Å². The minimum atomic E-state index is -4.25. The molecule has 33 heavy (non-hydrogen) atoms. The summed E-state index contributed by atoms with van der Waals surface area (Å²) in [5.74, 6) is -0.560. The second-order valence-electron chi connectivity index (χ2n) is 8.82. The van der Waals surface area contributed by atoms with Gasteiger partial charge in [-0.25, -0.2) is 13.4 Å². The molecule has 2 heterocycles. The monoisotopic (exact) mass is 484 g/mol. The van der Waals surface area contributed by atoms with E-state index in [9.17, 15) is 26.4 Å². The number of carbonyl (C=O) groups excluding carboxylic acids is 1. The van der Waals surface area contributed by atoms with E-state index < -0.39 is 33.7 Å². The maximum atomic E-state index is 13.1. The first-order valence-corrected chi connectivity index (χ1v) is 12.6. The maximum absolute atomic E-state index is 13.1. The molecule has 1 atom stereocenters. The number of hydrogen-bond acceptors (Lipinski definition) is 5. The van der Waals surface area contributed by atoms with Crippen molar-refractivity contribution in [3.63, 3.8) is 0 Å². The van der Waals surface area contributed by atoms with E-state index in [2.05, 4.69) is 10.3 Å². The molecule has 4 rings (SSSR count). The second-order valence-corrected chi connectivity index (χ2v) is 11.0. The van der Waals surface area contributed by atoms with Gasteiger partial charge in [-0.1, -0.05) is 12.8 Å². The molecule has 0 bridgehead atoms. The number of nitrogens with zero attached hydrogens (tertiary/aromatic N) is 3. The van der Waals surface area contributed by atoms with Gasteiger partial charge in [-0.2, -0.15) is 13.2 Å². The van der Waals surface area contributed by atoms with E-state index in [-0.39, 0.29) is 29.5 Å². The van der Waals surface area contributed by atoms with Crippen molar-refractivity contribution in [1.29, 1.82) is 0 Å². The van der Waals surface area contributed by atoms with Gasteiger partial charge in [-0.05, 0) is 49.9 Å². The van der Waals surface area contributed by atoms with Crippen molar-refractivity contribution < 1.29 is 26.4 Å². The zero-order chi connectivity index (χ0) is 23.6. The average molecular weight is 485 g/mol. The van der Waals surface area contributed by atoms with Crippen molar-refractivity contribution in [2.75, 3.05) is 26.2 Å². The number of alkyl halides is 3. The summed E-state index contributed by atoms with van der Waals surface area (Å²) < 4.78 is 65.7. The number of aromatic nitrogens is 2. The van der Waals surface area contributed by atoms with Gasteiger partial charge in [0.1, 0.15) is 0 Å². The van der Waals surface area contributed by atoms with Gasteiger partial charge in [0, 0.05) is 25.5 Å². The number of imidazole rings is 1. The van der Waals surface area contributed by atoms with E-state index in [1.807, 2.05) is 0 Å². The molecule has 1 N–H and O–H groups in total. The Bertz CT molecular complexity index is 1080. The van der Waals surface area contributed by atoms with Crippen LogP contribution in [0.4, 0.5) is 13.2 Å². The fourth-order valence-electron chi connectivity index (χ4n) is 4.70. The lowest BCUT2D eigenvalue weighted by molar-refractivity contribution is -0.143. The summed E-state index contributed by atoms with van der Waals surface area (Å²) in [4.78, 5) is 18.5. The lowest BCUT2D eigenvalue weighted by Gasteiger charge is -2.18. The van der Waals surface area contributed by atoms with Crippen molar-refractivity contribution in [2.24, 2.45) is 5.92 Å². The number of likely N-dealkylation sites (tertiary alicyclic amines) is 1. The molecule has 1 aromatic carbocycles. The van der Waals surface area contributed by atoms with E-state index in [1.54, 1.807) is 23.0 Å². The highest BCUT2D eigenvalue weighted by Gasteiger charge is 2.35. The normalized spacial score (nSPS) is 20.4. The van der Waals surface area contributed by atoms with Gasteiger partial charge in [-0.15, -0.1) is 0 Å². The van der Waals surface area contributed by atoms with Gasteiger partial charge >= 0.3 is 6.18 Å². The van der Waals surface area contributed by atoms with Crippen LogP contribution >= 0.6 is 0 Å². The number of benzene rings is 1. The van der Waals surface area contributed by atoms with E-state index in [0.717, 1.165) is 12.8 Å². The van der Waals surface area contributed by atoms with E-state index in [0.29, 0.717) is 31.5 Å². The molecule has 180 valence electrons. The highest BCUT2D eigenvalue weighted by molar-refractivity contribution is 7.92. The van der Waals surface area contributed by atoms with Gasteiger partial charge in [0.05, 0.1) is 34.3 Å². The molecular formula is C22H27F3N4O3S. The number of hydrogen-bond donors (Lipinski definition) is 1. The van der Waals surface area contributed by atoms with Gasteiger partial charge in [-0.3, -0.25) is 9.69 Å². The summed E-state index contributed by atoms with van der Waals surface area (Å²) in [6.07, 6.45) is 4.01. The summed E-state index contributed by atoms with van der Waals surface area (Å²) in [5.41, 5.74) is 0.678. The van der Waals surface area contributed by atoms with Crippen LogP contribution in [-0.2, 0) is 9.84 Å². The Morgan fingerprint density at radius 1 is 1.18 bits per heavy atom. The maximum Gasteiger partial charge on any atom is 0.401 e. The first-order chi connectivity index (χ1) is 15.6. The summed E-state index contributed by atoms with van der Waals surface area (Å²) in [6.45, 7) is -0.154. The third-order valence-corrected chi connectivity index (χ3v) is 8.65. The molecule has 1 saturated heterocycles. The molecule has 1 aliphatic heterocycles. The number of nitrogens with one attached hydrogen (secondary N) is 1. The van der Waals surface area contributed by atoms with E-state index >= 15 is 0 Å². The minimum Gasteiger partial charge on any atom is -0.352 e. The highest BCUT2D eigenvalue weighted by Crippen LogP contribution is 2.31. The third-order valence-electron chi connectivity index (χ3n) is 6.39. The van der Waals surface area contributed by atoms with Crippen LogP contribution in [0.25, 0.3) is 5.69 Å². The first kappa shape index (κ1) is 23.7. The quantitative estimate of drug-likeness (QED) is 0.653. The van der Waals surface area contributed by atoms with Crippen LogP contribution in [0.1, 0.15) is 42.5 Å². The number of amides is 1. The summed E-state index contributed by atoms with van der Waals surface area (Å²) in [7, 11) is -3.55. The predicted molar refractivity (Wildman–Crippen MR) is 116 cm³/mol. The van der Waals surface area contributed by atoms with Crippen molar-refractivity contribution in [1.82, 2.24) is 19.8 Å². The van der Waals surface area contributed by atoms with Crippen LogP contribution < -0.4 is 5.32 Å². The molecule has 2 aromatic rings. The Morgan fingerprint density at radius 3 is 2.61 bits per heavy atom. The molecule has 2 aliphatic rings. The summed E-state index contributed by atoms with van der Waals surface area (Å²) in [6, 6.07) is 4.52. The van der Waals surface area contributed by atoms with Crippen molar-refractivity contribution in [2.45, 2.75) is 48.4 Å². The van der Waals surface area contributed by atoms with Crippen molar-refractivity contribution >= 4 is 15.7 Å². The molecule has 2 fully saturated rings. The molecule has 1 aliphatic carbocycles. The predicted octanol–water partition coefficient (Wildman–Crippen LogP) is 3.20. The lowest BCUT2D eigenvalue weighted by atomic mass is 10.1. The molecule has 1 amide bonds. The zero-order valence-corrected chi connectivity index (χ0v) is 18.9. The largest absolute Gasteiger partial charge is 0.401 e. The summed E-state index contributed by atoms with van der Waals surface area (Å²) in [5, 5.41) is 2.36. The van der Waals surface area contributed by atoms with Gasteiger partial charge in [0.2, 0.25) is 0 Å². The number of carbonyl (C=O) groups is 1. The Kier molecular flexibility index (Phi) is 6.81.